The lowest BCUT2D eigenvalue weighted by Gasteiger charge is -2.19. The van der Waals surface area contributed by atoms with Crippen LogP contribution >= 0.6 is 34.2 Å². The SMILES string of the molecule is CN(Cc1cccnc1)S(=O)(=O)c1ccc(C(=O)NOCC2CC2)c(Nc2ccc(I)cc2Cl)c1. The van der Waals surface area contributed by atoms with Gasteiger partial charge in [-0.2, -0.15) is 4.31 Å². The second-order valence-corrected chi connectivity index (χ2v) is 12.0. The van der Waals surface area contributed by atoms with E-state index in [4.69, 9.17) is 16.4 Å². The fourth-order valence-corrected chi connectivity index (χ4v) is 5.39. The molecule has 11 heteroatoms. The lowest BCUT2D eigenvalue weighted by atomic mass is 10.1. The van der Waals surface area contributed by atoms with Gasteiger partial charge in [0, 0.05) is 29.6 Å². The van der Waals surface area contributed by atoms with Crippen molar-refractivity contribution < 1.29 is 18.0 Å². The molecule has 2 N–H and O–H groups in total. The first-order valence-corrected chi connectivity index (χ1v) is 13.8. The lowest BCUT2D eigenvalue weighted by molar-refractivity contribution is 0.0271. The number of benzene rings is 2. The van der Waals surface area contributed by atoms with E-state index in [9.17, 15) is 13.2 Å². The van der Waals surface area contributed by atoms with Gasteiger partial charge in [-0.05, 0) is 89.4 Å². The molecule has 2 aromatic carbocycles. The molecule has 1 saturated carbocycles. The average molecular weight is 627 g/mol. The molecule has 1 aromatic heterocycles. The van der Waals surface area contributed by atoms with Crippen LogP contribution in [0.15, 0.2) is 65.8 Å². The van der Waals surface area contributed by atoms with Crippen molar-refractivity contribution in [3.8, 4) is 0 Å². The number of nitrogens with one attached hydrogen (secondary N) is 2. The molecule has 4 rings (SSSR count). The monoisotopic (exact) mass is 626 g/mol. The zero-order valence-electron chi connectivity index (χ0n) is 18.9. The zero-order valence-corrected chi connectivity index (χ0v) is 22.6. The molecule has 184 valence electrons. The maximum absolute atomic E-state index is 13.3. The number of amides is 1. The molecule has 0 spiro atoms. The number of aromatic nitrogens is 1. The fourth-order valence-electron chi connectivity index (χ4n) is 3.30. The first kappa shape index (κ1) is 25.8. The van der Waals surface area contributed by atoms with Crippen molar-refractivity contribution in [3.63, 3.8) is 0 Å². The topological polar surface area (TPSA) is 101 Å². The summed E-state index contributed by atoms with van der Waals surface area (Å²) < 4.78 is 28.8. The van der Waals surface area contributed by atoms with Gasteiger partial charge < -0.3 is 5.32 Å². The minimum absolute atomic E-state index is 0.0310. The van der Waals surface area contributed by atoms with E-state index in [-0.39, 0.29) is 22.7 Å². The van der Waals surface area contributed by atoms with Crippen LogP contribution < -0.4 is 10.8 Å². The van der Waals surface area contributed by atoms with Crippen LogP contribution in [-0.2, 0) is 21.4 Å². The number of hydrogen-bond donors (Lipinski definition) is 2. The van der Waals surface area contributed by atoms with E-state index in [1.807, 2.05) is 6.07 Å². The maximum Gasteiger partial charge on any atom is 0.276 e. The maximum atomic E-state index is 13.3. The molecular weight excluding hydrogens is 603 g/mol. The highest BCUT2D eigenvalue weighted by Crippen LogP contribution is 2.31. The Morgan fingerprint density at radius 1 is 1.20 bits per heavy atom. The molecule has 1 fully saturated rings. The van der Waals surface area contributed by atoms with Crippen molar-refractivity contribution in [2.45, 2.75) is 24.3 Å². The summed E-state index contributed by atoms with van der Waals surface area (Å²) >= 11 is 8.53. The Labute approximate surface area is 223 Å². The molecule has 0 radical (unpaired) electrons. The molecule has 1 aliphatic carbocycles. The number of carbonyl (C=O) groups is 1. The average Bonchev–Trinajstić information content (AvgIpc) is 3.66. The van der Waals surface area contributed by atoms with E-state index in [1.165, 1.54) is 29.6 Å². The van der Waals surface area contributed by atoms with Gasteiger partial charge in [-0.1, -0.05) is 17.7 Å². The molecule has 0 aliphatic heterocycles. The summed E-state index contributed by atoms with van der Waals surface area (Å²) in [6, 6.07) is 13.3. The largest absolute Gasteiger partial charge is 0.354 e. The fraction of sp³-hybridized carbons (Fsp3) is 0.250. The Bertz CT molecular complexity index is 1320. The van der Waals surface area contributed by atoms with E-state index in [0.717, 1.165) is 22.0 Å². The summed E-state index contributed by atoms with van der Waals surface area (Å²) in [5, 5.41) is 3.56. The summed E-state index contributed by atoms with van der Waals surface area (Å²) in [6.07, 6.45) is 5.43. The van der Waals surface area contributed by atoms with Gasteiger partial charge in [-0.25, -0.2) is 13.9 Å². The highest BCUT2D eigenvalue weighted by atomic mass is 127. The van der Waals surface area contributed by atoms with Gasteiger partial charge in [-0.3, -0.25) is 14.6 Å². The van der Waals surface area contributed by atoms with E-state index in [2.05, 4.69) is 38.4 Å². The molecular formula is C24H24ClIN4O4S. The molecule has 1 heterocycles. The number of hydrogen-bond acceptors (Lipinski definition) is 6. The Morgan fingerprint density at radius 3 is 2.69 bits per heavy atom. The van der Waals surface area contributed by atoms with Gasteiger partial charge in [0.05, 0.1) is 33.5 Å². The van der Waals surface area contributed by atoms with Crippen LogP contribution in [0.25, 0.3) is 0 Å². The second kappa shape index (κ2) is 11.2. The number of hydroxylamine groups is 1. The van der Waals surface area contributed by atoms with E-state index >= 15 is 0 Å². The summed E-state index contributed by atoms with van der Waals surface area (Å²) in [6.45, 7) is 0.599. The summed E-state index contributed by atoms with van der Waals surface area (Å²) in [4.78, 5) is 22.3. The standard InChI is InChI=1S/C24H24ClIN4O4S/c1-30(14-17-3-2-10-27-13-17)35(32,33)19-7-8-20(24(31)29-34-15-16-4-5-16)23(12-19)28-22-9-6-18(26)11-21(22)25/h2-3,6-13,16,28H,4-5,14-15H2,1H3,(H,29,31). The van der Waals surface area contributed by atoms with Crippen molar-refractivity contribution >= 4 is 61.5 Å². The molecule has 0 bridgehead atoms. The summed E-state index contributed by atoms with van der Waals surface area (Å²) in [7, 11) is -2.36. The van der Waals surface area contributed by atoms with Gasteiger partial charge in [-0.15, -0.1) is 0 Å². The number of sulfonamides is 1. The van der Waals surface area contributed by atoms with Crippen molar-refractivity contribution in [1.29, 1.82) is 0 Å². The van der Waals surface area contributed by atoms with Crippen LogP contribution in [0.4, 0.5) is 11.4 Å². The molecule has 35 heavy (non-hydrogen) atoms. The quantitative estimate of drug-likeness (QED) is 0.243. The van der Waals surface area contributed by atoms with Crippen LogP contribution in [0.1, 0.15) is 28.8 Å². The van der Waals surface area contributed by atoms with Gasteiger partial charge in [0.1, 0.15) is 0 Å². The predicted molar refractivity (Wildman–Crippen MR) is 143 cm³/mol. The number of halogens is 2. The molecule has 8 nitrogen and oxygen atoms in total. The van der Waals surface area contributed by atoms with Crippen molar-refractivity contribution in [3.05, 3.63) is 80.6 Å². The van der Waals surface area contributed by atoms with Crippen LogP contribution in [0, 0.1) is 9.49 Å². The number of anilines is 2. The normalized spacial score (nSPS) is 13.6. The molecule has 0 unspecified atom stereocenters. The third-order valence-electron chi connectivity index (χ3n) is 5.45. The Balaban J connectivity index is 1.63. The third-order valence-corrected chi connectivity index (χ3v) is 8.24. The van der Waals surface area contributed by atoms with Gasteiger partial charge >= 0.3 is 0 Å². The molecule has 1 amide bonds. The first-order valence-electron chi connectivity index (χ1n) is 10.9. The minimum atomic E-state index is -3.86. The van der Waals surface area contributed by atoms with Crippen LogP contribution in [0.5, 0.6) is 0 Å². The molecule has 0 atom stereocenters. The smallest absolute Gasteiger partial charge is 0.276 e. The van der Waals surface area contributed by atoms with Crippen LogP contribution in [0.2, 0.25) is 5.02 Å². The second-order valence-electron chi connectivity index (χ2n) is 8.26. The summed E-state index contributed by atoms with van der Waals surface area (Å²) in [5.74, 6) is -0.0104. The third kappa shape index (κ3) is 6.70. The Hall–Kier alpha value is -2.25. The lowest BCUT2D eigenvalue weighted by Crippen LogP contribution is -2.28. The van der Waals surface area contributed by atoms with E-state index in [1.54, 1.807) is 36.7 Å². The highest BCUT2D eigenvalue weighted by molar-refractivity contribution is 14.1. The minimum Gasteiger partial charge on any atom is -0.354 e. The van der Waals surface area contributed by atoms with Crippen molar-refractivity contribution in [1.82, 2.24) is 14.8 Å². The Kier molecular flexibility index (Phi) is 8.27. The van der Waals surface area contributed by atoms with Gasteiger partial charge in [0.25, 0.3) is 5.91 Å². The molecule has 1 aliphatic rings. The number of pyridine rings is 1. The first-order chi connectivity index (χ1) is 16.7. The van der Waals surface area contributed by atoms with Crippen LogP contribution in [-0.4, -0.2) is 37.3 Å². The van der Waals surface area contributed by atoms with Gasteiger partial charge in [0.15, 0.2) is 0 Å². The van der Waals surface area contributed by atoms with E-state index < -0.39 is 15.9 Å². The Morgan fingerprint density at radius 2 is 2.00 bits per heavy atom. The summed E-state index contributed by atoms with van der Waals surface area (Å²) in [5.41, 5.74) is 4.26. The molecule has 0 saturated heterocycles. The zero-order chi connectivity index (χ0) is 25.0. The van der Waals surface area contributed by atoms with Crippen molar-refractivity contribution in [2.24, 2.45) is 5.92 Å². The number of carbonyl (C=O) groups excluding carboxylic acids is 1. The van der Waals surface area contributed by atoms with Crippen LogP contribution in [0.3, 0.4) is 0 Å². The predicted octanol–water partition coefficient (Wildman–Crippen LogP) is 4.98. The molecule has 3 aromatic rings. The number of rotatable bonds is 10. The van der Waals surface area contributed by atoms with Gasteiger partial charge in [0.2, 0.25) is 10.0 Å². The van der Waals surface area contributed by atoms with E-state index in [0.29, 0.717) is 23.2 Å². The number of nitrogens with zero attached hydrogens (tertiary/aromatic N) is 2. The highest BCUT2D eigenvalue weighted by Gasteiger charge is 2.25. The van der Waals surface area contributed by atoms with Crippen molar-refractivity contribution in [2.75, 3.05) is 19.0 Å².